The Kier molecular flexibility index (Phi) is 9.26. The molecule has 0 saturated carbocycles. The van der Waals surface area contributed by atoms with Gasteiger partial charge in [0, 0.05) is 0 Å². The van der Waals surface area contributed by atoms with Gasteiger partial charge in [-0.3, -0.25) is 0 Å². The number of hydrogen-bond donors (Lipinski definition) is 0. The molecule has 2 aromatic carbocycles. The number of aryl methyl sites for hydroxylation is 1. The zero-order valence-corrected chi connectivity index (χ0v) is 15.2. The van der Waals surface area contributed by atoms with E-state index in [9.17, 15) is 0 Å². The molecule has 0 spiro atoms. The second kappa shape index (κ2) is 10.4. The first-order valence-corrected chi connectivity index (χ1v) is 7.88. The minimum absolute atomic E-state index is 0. The van der Waals surface area contributed by atoms with Crippen molar-refractivity contribution in [2.24, 2.45) is 0 Å². The van der Waals surface area contributed by atoms with Gasteiger partial charge >= 0.3 is 29.6 Å². The van der Waals surface area contributed by atoms with Gasteiger partial charge in [0.15, 0.2) is 0 Å². The molecule has 0 nitrogen and oxygen atoms in total. The largest absolute Gasteiger partial charge is 1.00 e. The Morgan fingerprint density at radius 3 is 2.15 bits per heavy atom. The van der Waals surface area contributed by atoms with E-state index in [-0.39, 0.29) is 29.6 Å². The molecule has 0 heterocycles. The van der Waals surface area contributed by atoms with Crippen molar-refractivity contribution in [2.45, 2.75) is 58.3 Å². The van der Waals surface area contributed by atoms with Crippen molar-refractivity contribution in [1.29, 1.82) is 0 Å². The van der Waals surface area contributed by atoms with E-state index in [0.717, 1.165) is 0 Å². The fourth-order valence-electron chi connectivity index (χ4n) is 2.78. The molecule has 2 rings (SSSR count). The summed E-state index contributed by atoms with van der Waals surface area (Å²) < 4.78 is 0. The van der Waals surface area contributed by atoms with Gasteiger partial charge in [0.2, 0.25) is 0 Å². The van der Waals surface area contributed by atoms with E-state index in [1.165, 1.54) is 67.7 Å². The first-order valence-electron chi connectivity index (χ1n) is 7.88. The molecule has 0 aromatic heterocycles. The molecule has 0 aliphatic rings. The van der Waals surface area contributed by atoms with Crippen LogP contribution >= 0.6 is 0 Å². The zero-order chi connectivity index (χ0) is 13.3. The van der Waals surface area contributed by atoms with E-state index >= 15 is 0 Å². The Balaban J connectivity index is 0.00000200. The van der Waals surface area contributed by atoms with Gasteiger partial charge < -0.3 is 0 Å². The minimum atomic E-state index is 0. The van der Waals surface area contributed by atoms with Gasteiger partial charge in [-0.25, -0.2) is 0 Å². The molecule has 0 fully saturated rings. The number of benzene rings is 2. The Morgan fingerprint density at radius 2 is 1.35 bits per heavy atom. The normalized spacial score (nSPS) is 10.4. The average Bonchev–Trinajstić information content (AvgIpc) is 2.46. The molecule has 20 heavy (non-hydrogen) atoms. The Labute approximate surface area is 146 Å². The van der Waals surface area contributed by atoms with Crippen LogP contribution in [0.25, 0.3) is 10.8 Å². The summed E-state index contributed by atoms with van der Waals surface area (Å²) in [7, 11) is 0. The summed E-state index contributed by atoms with van der Waals surface area (Å²) in [5.41, 5.74) is 1.52. The third-order valence-electron chi connectivity index (χ3n) is 3.93. The molecule has 0 unspecified atom stereocenters. The Morgan fingerprint density at radius 1 is 0.700 bits per heavy atom. The summed E-state index contributed by atoms with van der Waals surface area (Å²) in [6, 6.07) is 15.4. The molecule has 0 bridgehead atoms. The predicted octanol–water partition coefficient (Wildman–Crippen LogP) is 3.14. The van der Waals surface area contributed by atoms with Crippen LogP contribution in [0.5, 0.6) is 0 Å². The number of unbranched alkanes of at least 4 members (excludes halogenated alkanes) is 6. The van der Waals surface area contributed by atoms with Crippen molar-refractivity contribution in [3.8, 4) is 0 Å². The maximum atomic E-state index is 2.29. The van der Waals surface area contributed by atoms with Crippen LogP contribution < -0.4 is 29.6 Å². The molecule has 0 N–H and O–H groups in total. The summed E-state index contributed by atoms with van der Waals surface area (Å²) in [4.78, 5) is 0. The van der Waals surface area contributed by atoms with Crippen molar-refractivity contribution in [1.82, 2.24) is 0 Å². The van der Waals surface area contributed by atoms with E-state index < -0.39 is 0 Å². The van der Waals surface area contributed by atoms with E-state index in [1.54, 1.807) is 0 Å². The van der Waals surface area contributed by atoms with Gasteiger partial charge in [0.1, 0.15) is 0 Å². The smallest absolute Gasteiger partial charge is 0.0654 e. The number of rotatable bonds is 8. The van der Waals surface area contributed by atoms with E-state index in [0.29, 0.717) is 0 Å². The minimum Gasteiger partial charge on any atom is -0.0654 e. The maximum absolute atomic E-state index is 2.29. The van der Waals surface area contributed by atoms with Crippen LogP contribution in [0.2, 0.25) is 0 Å². The van der Waals surface area contributed by atoms with Crippen LogP contribution in [-0.4, -0.2) is 0 Å². The van der Waals surface area contributed by atoms with Gasteiger partial charge in [-0.2, -0.15) is 0 Å². The van der Waals surface area contributed by atoms with Gasteiger partial charge in [-0.1, -0.05) is 87.9 Å². The van der Waals surface area contributed by atoms with Crippen molar-refractivity contribution in [3.05, 3.63) is 48.0 Å². The molecule has 1 heteroatoms. The Hall–Kier alpha value is -0.300. The summed E-state index contributed by atoms with van der Waals surface area (Å²) >= 11 is 0. The van der Waals surface area contributed by atoms with E-state index in [1.807, 2.05) is 0 Å². The van der Waals surface area contributed by atoms with Crippen molar-refractivity contribution in [2.75, 3.05) is 0 Å². The molecule has 0 atom stereocenters. The first-order chi connectivity index (χ1) is 9.42. The molecule has 2 aromatic rings. The third-order valence-corrected chi connectivity index (χ3v) is 3.93. The standard InChI is InChI=1S/C19H26.Na/c1-2-3-4-5-6-7-8-12-17-14-11-15-18-13-9-10-16-19(17)18;/h9-11,13-16H,2-8,12H2,1H3;/q;+1. The number of hydrogen-bond acceptors (Lipinski definition) is 0. The van der Waals surface area contributed by atoms with E-state index in [4.69, 9.17) is 0 Å². The SMILES string of the molecule is CCCCCCCCCc1cccc2ccccc12.[Na+]. The summed E-state index contributed by atoms with van der Waals surface area (Å²) in [5.74, 6) is 0. The molecule has 0 aliphatic heterocycles. The van der Waals surface area contributed by atoms with Gasteiger partial charge in [-0.05, 0) is 29.2 Å². The number of fused-ring (bicyclic) bond motifs is 1. The molecule has 0 amide bonds. The molecular weight excluding hydrogens is 251 g/mol. The molecule has 102 valence electrons. The fraction of sp³-hybridized carbons (Fsp3) is 0.474. The molecular formula is C19H26Na+. The van der Waals surface area contributed by atoms with Gasteiger partial charge in [0.25, 0.3) is 0 Å². The fourth-order valence-corrected chi connectivity index (χ4v) is 2.78. The summed E-state index contributed by atoms with van der Waals surface area (Å²) in [6.45, 7) is 2.28. The predicted molar refractivity (Wildman–Crippen MR) is 85.6 cm³/mol. The van der Waals surface area contributed by atoms with Crippen LogP contribution in [0.15, 0.2) is 42.5 Å². The Bertz CT molecular complexity index is 485. The van der Waals surface area contributed by atoms with Crippen LogP contribution in [-0.2, 0) is 6.42 Å². The van der Waals surface area contributed by atoms with Crippen molar-refractivity contribution >= 4 is 10.8 Å². The second-order valence-electron chi connectivity index (χ2n) is 5.51. The van der Waals surface area contributed by atoms with Crippen LogP contribution in [0.4, 0.5) is 0 Å². The molecule has 0 aliphatic carbocycles. The molecule has 0 saturated heterocycles. The quantitative estimate of drug-likeness (QED) is 0.514. The zero-order valence-electron chi connectivity index (χ0n) is 13.2. The van der Waals surface area contributed by atoms with Gasteiger partial charge in [0.05, 0.1) is 0 Å². The van der Waals surface area contributed by atoms with Crippen molar-refractivity contribution < 1.29 is 29.6 Å². The molecule has 0 radical (unpaired) electrons. The van der Waals surface area contributed by atoms with Crippen LogP contribution in [0.3, 0.4) is 0 Å². The summed E-state index contributed by atoms with van der Waals surface area (Å²) in [5, 5.41) is 2.82. The third kappa shape index (κ3) is 5.60. The van der Waals surface area contributed by atoms with E-state index in [2.05, 4.69) is 49.4 Å². The maximum Gasteiger partial charge on any atom is 1.00 e. The topological polar surface area (TPSA) is 0 Å². The van der Waals surface area contributed by atoms with Gasteiger partial charge in [-0.15, -0.1) is 0 Å². The monoisotopic (exact) mass is 277 g/mol. The second-order valence-corrected chi connectivity index (χ2v) is 5.51. The van der Waals surface area contributed by atoms with Crippen LogP contribution in [0.1, 0.15) is 57.4 Å². The average molecular weight is 277 g/mol. The first kappa shape index (κ1) is 17.8. The summed E-state index contributed by atoms with van der Waals surface area (Å²) in [6.07, 6.45) is 10.9. The van der Waals surface area contributed by atoms with Crippen LogP contribution in [0, 0.1) is 0 Å². The van der Waals surface area contributed by atoms with Crippen molar-refractivity contribution in [3.63, 3.8) is 0 Å².